The first kappa shape index (κ1) is 41.6. The highest BCUT2D eigenvalue weighted by Gasteiger charge is 2.49. The molecular formula is C34H32Cl2F2N6O9S2. The Balaban J connectivity index is 0.000000284. The van der Waals surface area contributed by atoms with E-state index in [1.165, 1.54) is 80.0 Å². The molecule has 0 bridgehead atoms. The van der Waals surface area contributed by atoms with Crippen molar-refractivity contribution in [1.29, 1.82) is 0 Å². The van der Waals surface area contributed by atoms with Crippen molar-refractivity contribution in [1.82, 2.24) is 19.1 Å². The Hall–Kier alpha value is -4.53. The molecule has 5 N–H and O–H groups in total. The van der Waals surface area contributed by atoms with Crippen LogP contribution in [0.5, 0.6) is 0 Å². The minimum absolute atomic E-state index is 0.0105. The average Bonchev–Trinajstić information content (AvgIpc) is 3.61. The lowest BCUT2D eigenvalue weighted by molar-refractivity contribution is -0.114. The molecule has 0 aliphatic carbocycles. The standard InChI is InChI=1S/C25H20Cl2FN3O6S.C9H12FN3O3S/c1-13(32)29-19-10-11-31(25(35)30-19)22-20(28)21(37-24(34)15-4-8-17(27)9-5-15)18(38-22)12-36-23(33)14-2-6-16(26)7-3-14;10-6-7(15)4(3-14)17-8(6)13-2-1-5(11)12-9(13)16/h2-11,18,20-22H,12H2,1H3,(H,29,30,32,35);1-2,4,6-8,14-15H,3H2,(H2,11,12,16)/t18-,20+,21-,22-;4-,6+,7-,8-/m11/s1. The Morgan fingerprint density at radius 2 is 1.36 bits per heavy atom. The van der Waals surface area contributed by atoms with Crippen LogP contribution < -0.4 is 22.4 Å². The van der Waals surface area contributed by atoms with E-state index in [2.05, 4.69) is 15.3 Å². The number of rotatable bonds is 9. The first-order chi connectivity index (χ1) is 26.2. The molecule has 21 heteroatoms. The van der Waals surface area contributed by atoms with E-state index >= 15 is 4.39 Å². The maximum absolute atomic E-state index is 15.8. The second kappa shape index (κ2) is 18.4. The Morgan fingerprint density at radius 1 is 0.836 bits per heavy atom. The van der Waals surface area contributed by atoms with Crippen molar-refractivity contribution in [3.05, 3.63) is 115 Å². The van der Waals surface area contributed by atoms with Gasteiger partial charge < -0.3 is 30.7 Å². The number of hydrogen-bond donors (Lipinski definition) is 4. The third kappa shape index (κ3) is 10.2. The normalized spacial score (nSPS) is 24.3. The van der Waals surface area contributed by atoms with Gasteiger partial charge in [-0.3, -0.25) is 13.9 Å². The van der Waals surface area contributed by atoms with Gasteiger partial charge in [0.15, 0.2) is 18.4 Å². The monoisotopic (exact) mass is 840 g/mol. The number of aliphatic hydroxyl groups is 2. The molecule has 292 valence electrons. The zero-order valence-corrected chi connectivity index (χ0v) is 31.6. The van der Waals surface area contributed by atoms with Gasteiger partial charge in [-0.25, -0.2) is 28.0 Å². The maximum atomic E-state index is 15.8. The van der Waals surface area contributed by atoms with E-state index in [4.69, 9.17) is 43.5 Å². The van der Waals surface area contributed by atoms with Gasteiger partial charge in [0.05, 0.1) is 28.2 Å². The number of alkyl halides is 2. The van der Waals surface area contributed by atoms with Crippen molar-refractivity contribution < 1.29 is 42.9 Å². The molecule has 2 saturated heterocycles. The number of thioether (sulfide) groups is 2. The number of ether oxygens (including phenoxy) is 2. The summed E-state index contributed by atoms with van der Waals surface area (Å²) in [7, 11) is 0. The van der Waals surface area contributed by atoms with Gasteiger partial charge in [0.1, 0.15) is 35.1 Å². The highest BCUT2D eigenvalue weighted by Crippen LogP contribution is 2.45. The van der Waals surface area contributed by atoms with Crippen molar-refractivity contribution in [2.75, 3.05) is 24.3 Å². The summed E-state index contributed by atoms with van der Waals surface area (Å²) in [4.78, 5) is 67.9. The van der Waals surface area contributed by atoms with E-state index in [-0.39, 0.29) is 36.0 Å². The number of nitrogens with one attached hydrogen (secondary N) is 1. The van der Waals surface area contributed by atoms with E-state index in [9.17, 15) is 33.5 Å². The molecule has 2 aliphatic heterocycles. The lowest BCUT2D eigenvalue weighted by atomic mass is 10.1. The molecule has 4 aromatic rings. The van der Waals surface area contributed by atoms with Crippen LogP contribution in [0.2, 0.25) is 10.0 Å². The van der Waals surface area contributed by atoms with Gasteiger partial charge in [-0.2, -0.15) is 9.97 Å². The summed E-state index contributed by atoms with van der Waals surface area (Å²) >= 11 is 13.7. The number of anilines is 2. The van der Waals surface area contributed by atoms with Crippen LogP contribution >= 0.6 is 46.7 Å². The number of halogens is 4. The van der Waals surface area contributed by atoms with Crippen LogP contribution in [0, 0.1) is 0 Å². The molecule has 8 atom stereocenters. The van der Waals surface area contributed by atoms with Gasteiger partial charge in [-0.05, 0) is 60.7 Å². The van der Waals surface area contributed by atoms with Gasteiger partial charge in [0.2, 0.25) is 5.91 Å². The second-order valence-corrected chi connectivity index (χ2v) is 15.5. The van der Waals surface area contributed by atoms with E-state index in [1.54, 1.807) is 0 Å². The number of aromatic nitrogens is 4. The number of nitrogens with two attached hydrogens (primary N) is 1. The number of esters is 2. The molecule has 0 radical (unpaired) electrons. The minimum atomic E-state index is -1.86. The van der Waals surface area contributed by atoms with Crippen LogP contribution in [-0.2, 0) is 14.3 Å². The first-order valence-corrected chi connectivity index (χ1v) is 18.8. The van der Waals surface area contributed by atoms with Crippen LogP contribution in [-0.4, -0.2) is 95.4 Å². The quantitative estimate of drug-likeness (QED) is 0.177. The van der Waals surface area contributed by atoms with Crippen LogP contribution in [0.1, 0.15) is 38.4 Å². The summed E-state index contributed by atoms with van der Waals surface area (Å²) < 4.78 is 42.6. The summed E-state index contributed by atoms with van der Waals surface area (Å²) in [6.45, 7) is 0.598. The fourth-order valence-electron chi connectivity index (χ4n) is 5.35. The lowest BCUT2D eigenvalue weighted by Gasteiger charge is -2.21. The van der Waals surface area contributed by atoms with Gasteiger partial charge in [0, 0.05) is 29.4 Å². The van der Waals surface area contributed by atoms with Crippen molar-refractivity contribution in [3.63, 3.8) is 0 Å². The van der Waals surface area contributed by atoms with Crippen LogP contribution in [0.3, 0.4) is 0 Å². The van der Waals surface area contributed by atoms with Crippen LogP contribution in [0.4, 0.5) is 20.4 Å². The first-order valence-electron chi connectivity index (χ1n) is 16.2. The van der Waals surface area contributed by atoms with Gasteiger partial charge >= 0.3 is 23.3 Å². The lowest BCUT2D eigenvalue weighted by Crippen LogP contribution is -2.37. The highest BCUT2D eigenvalue weighted by molar-refractivity contribution is 8.00. The van der Waals surface area contributed by atoms with E-state index in [0.717, 1.165) is 32.7 Å². The smallest absolute Gasteiger partial charge is 0.350 e. The zero-order chi connectivity index (χ0) is 40.0. The van der Waals surface area contributed by atoms with Gasteiger partial charge in [-0.1, -0.05) is 23.2 Å². The van der Waals surface area contributed by atoms with Crippen molar-refractivity contribution in [2.24, 2.45) is 0 Å². The van der Waals surface area contributed by atoms with Crippen molar-refractivity contribution in [2.45, 2.75) is 52.7 Å². The Morgan fingerprint density at radius 3 is 1.89 bits per heavy atom. The summed E-state index contributed by atoms with van der Waals surface area (Å²) in [6, 6.07) is 14.6. The summed E-state index contributed by atoms with van der Waals surface area (Å²) in [5.41, 5.74) is 4.21. The number of aliphatic hydroxyl groups excluding tert-OH is 2. The molecule has 0 saturated carbocycles. The maximum Gasteiger partial charge on any atom is 0.350 e. The average molecular weight is 842 g/mol. The topological polar surface area (TPSA) is 218 Å². The largest absolute Gasteiger partial charge is 0.461 e. The summed E-state index contributed by atoms with van der Waals surface area (Å²) in [5, 5.41) is 18.2. The minimum Gasteiger partial charge on any atom is -0.461 e. The summed E-state index contributed by atoms with van der Waals surface area (Å²) in [6.07, 6.45) is -3.53. The number of hydrogen-bond acceptors (Lipinski definition) is 14. The molecule has 6 rings (SSSR count). The molecule has 1 amide bonds. The summed E-state index contributed by atoms with van der Waals surface area (Å²) in [5.74, 6) is -1.84. The Bertz CT molecular complexity index is 2130. The van der Waals surface area contributed by atoms with Crippen molar-refractivity contribution >= 4 is 76.2 Å². The molecular weight excluding hydrogens is 809 g/mol. The molecule has 2 aromatic carbocycles. The van der Waals surface area contributed by atoms with E-state index < -0.39 is 75.0 Å². The van der Waals surface area contributed by atoms with Gasteiger partial charge in [0.25, 0.3) is 0 Å². The zero-order valence-electron chi connectivity index (χ0n) is 28.4. The Labute approximate surface area is 329 Å². The third-order valence-electron chi connectivity index (χ3n) is 8.06. The number of benzene rings is 2. The van der Waals surface area contributed by atoms with E-state index in [1.807, 2.05) is 0 Å². The fourth-order valence-corrected chi connectivity index (χ4v) is 8.42. The van der Waals surface area contributed by atoms with E-state index in [0.29, 0.717) is 10.0 Å². The molecule has 2 aromatic heterocycles. The van der Waals surface area contributed by atoms with Crippen molar-refractivity contribution in [3.8, 4) is 0 Å². The molecule has 4 heterocycles. The molecule has 2 aliphatic rings. The number of carbonyl (C=O) groups is 3. The molecule has 0 unspecified atom stereocenters. The third-order valence-corrected chi connectivity index (χ3v) is 11.6. The Kier molecular flexibility index (Phi) is 13.9. The number of carbonyl (C=O) groups excluding carboxylic acids is 3. The fraction of sp³-hybridized carbons (Fsp3) is 0.324. The molecule has 15 nitrogen and oxygen atoms in total. The van der Waals surface area contributed by atoms with Gasteiger partial charge in [-0.15, -0.1) is 23.5 Å². The number of nitrogens with zero attached hydrogens (tertiary/aromatic N) is 4. The molecule has 55 heavy (non-hydrogen) atoms. The predicted octanol–water partition coefficient (Wildman–Crippen LogP) is 3.67. The molecule has 2 fully saturated rings. The van der Waals surface area contributed by atoms with Crippen LogP contribution in [0.15, 0.2) is 82.6 Å². The second-order valence-electron chi connectivity index (χ2n) is 11.9. The predicted molar refractivity (Wildman–Crippen MR) is 202 cm³/mol. The van der Waals surface area contributed by atoms with Crippen LogP contribution in [0.25, 0.3) is 0 Å². The highest BCUT2D eigenvalue weighted by atomic mass is 35.5. The number of amides is 1. The molecule has 0 spiro atoms. The number of nitrogen functional groups attached to an aromatic ring is 1. The SMILES string of the molecule is CC(=O)Nc1ccn([C@@H]2S[C@H](COC(=O)c3ccc(Cl)cc3)[C@@H](OC(=O)c3ccc(Cl)cc3)[C@@H]2F)c(=O)n1.Nc1ccn([C@@H]2S[C@H](CO)[C@@H](O)[C@@H]2F)c(=O)n1.